The fourth-order valence-corrected chi connectivity index (χ4v) is 1.35. The lowest BCUT2D eigenvalue weighted by Crippen LogP contribution is -2.11. The first-order valence-electron chi connectivity index (χ1n) is 5.65. The molecule has 7 nitrogen and oxygen atoms in total. The van der Waals surface area contributed by atoms with Crippen molar-refractivity contribution in [1.29, 1.82) is 0 Å². The third kappa shape index (κ3) is 5.52. The molecule has 2 rings (SSSR count). The van der Waals surface area contributed by atoms with Gasteiger partial charge in [-0.1, -0.05) is 19.6 Å². The summed E-state index contributed by atoms with van der Waals surface area (Å²) in [6.45, 7) is 0.831. The number of benzene rings is 1. The highest BCUT2D eigenvalue weighted by Crippen LogP contribution is 2.10. The molecule has 0 unspecified atom stereocenters. The normalized spacial score (nSPS) is 11.8. The van der Waals surface area contributed by atoms with Gasteiger partial charge in [0.15, 0.2) is 0 Å². The molecule has 1 heterocycles. The van der Waals surface area contributed by atoms with E-state index < -0.39 is 18.1 Å². The van der Waals surface area contributed by atoms with Crippen molar-refractivity contribution in [2.45, 2.75) is 7.43 Å². The molecule has 1 aliphatic heterocycles. The summed E-state index contributed by atoms with van der Waals surface area (Å²) in [6.07, 6.45) is -0.546. The molecule has 0 spiro atoms. The molecule has 0 saturated carbocycles. The van der Waals surface area contributed by atoms with Crippen molar-refractivity contribution < 1.29 is 33.3 Å². The molecule has 0 amide bonds. The minimum absolute atomic E-state index is 0. The number of hydrogen-bond donors (Lipinski definition) is 0. The molecule has 1 aromatic carbocycles. The number of rotatable bonds is 2. The SMILES string of the molecule is C.COC(=O)c1ccccc1C(=O)OC.O=C1OCCO1. The molecule has 0 aromatic heterocycles. The number of hydrogen-bond acceptors (Lipinski definition) is 7. The highest BCUT2D eigenvalue weighted by molar-refractivity contribution is 6.02. The fourth-order valence-electron chi connectivity index (χ4n) is 1.35. The Bertz CT molecular complexity index is 453. The lowest BCUT2D eigenvalue weighted by atomic mass is 10.1. The van der Waals surface area contributed by atoms with Gasteiger partial charge < -0.3 is 18.9 Å². The van der Waals surface area contributed by atoms with Crippen molar-refractivity contribution in [1.82, 2.24) is 0 Å². The van der Waals surface area contributed by atoms with E-state index in [1.165, 1.54) is 26.4 Å². The van der Waals surface area contributed by atoms with E-state index in [0.29, 0.717) is 13.2 Å². The molecule has 1 fully saturated rings. The van der Waals surface area contributed by atoms with E-state index in [0.717, 1.165) is 0 Å². The van der Waals surface area contributed by atoms with Gasteiger partial charge in [-0.2, -0.15) is 0 Å². The fraction of sp³-hybridized carbons (Fsp3) is 0.357. The van der Waals surface area contributed by atoms with Crippen LogP contribution in [0.1, 0.15) is 28.1 Å². The van der Waals surface area contributed by atoms with Crippen LogP contribution >= 0.6 is 0 Å². The van der Waals surface area contributed by atoms with Gasteiger partial charge in [0, 0.05) is 0 Å². The summed E-state index contributed by atoms with van der Waals surface area (Å²) in [5.41, 5.74) is 0.420. The van der Waals surface area contributed by atoms with E-state index in [4.69, 9.17) is 0 Å². The standard InChI is InChI=1S/C10H10O4.C3H4O3.CH4/c1-13-9(11)7-5-3-4-6-8(7)10(12)14-2;4-3-5-1-2-6-3;/h3-6H,1-2H3;1-2H2;1H4. The van der Waals surface area contributed by atoms with Crippen LogP contribution in [0.5, 0.6) is 0 Å². The van der Waals surface area contributed by atoms with E-state index in [-0.39, 0.29) is 18.6 Å². The zero-order valence-electron chi connectivity index (χ0n) is 11.1. The second-order valence-corrected chi connectivity index (χ2v) is 3.48. The molecule has 0 bridgehead atoms. The highest BCUT2D eigenvalue weighted by Gasteiger charge is 2.16. The predicted octanol–water partition coefficient (Wildman–Crippen LogP) is 2.05. The number of methoxy groups -OCH3 is 2. The van der Waals surface area contributed by atoms with Crippen molar-refractivity contribution in [3.05, 3.63) is 35.4 Å². The van der Waals surface area contributed by atoms with Crippen LogP contribution in [0.2, 0.25) is 0 Å². The van der Waals surface area contributed by atoms with Gasteiger partial charge in [0.2, 0.25) is 0 Å². The van der Waals surface area contributed by atoms with Crippen molar-refractivity contribution in [2.75, 3.05) is 27.4 Å². The summed E-state index contributed by atoms with van der Waals surface area (Å²) >= 11 is 0. The van der Waals surface area contributed by atoms with Crippen LogP contribution in [-0.4, -0.2) is 45.5 Å². The number of cyclic esters (lactones) is 2. The lowest BCUT2D eigenvalue weighted by Gasteiger charge is -2.04. The maximum absolute atomic E-state index is 11.2. The number of carbonyl (C=O) groups excluding carboxylic acids is 3. The van der Waals surface area contributed by atoms with Crippen LogP contribution in [-0.2, 0) is 18.9 Å². The van der Waals surface area contributed by atoms with E-state index in [2.05, 4.69) is 18.9 Å². The van der Waals surface area contributed by atoms with Crippen LogP contribution in [0, 0.1) is 0 Å². The molecule has 21 heavy (non-hydrogen) atoms. The molecule has 0 aliphatic carbocycles. The van der Waals surface area contributed by atoms with Gasteiger partial charge in [-0.3, -0.25) is 0 Å². The average Bonchev–Trinajstić information content (AvgIpc) is 2.97. The van der Waals surface area contributed by atoms with Crippen LogP contribution in [0.4, 0.5) is 4.79 Å². The molecule has 116 valence electrons. The summed E-state index contributed by atoms with van der Waals surface area (Å²) in [6, 6.07) is 6.33. The zero-order valence-corrected chi connectivity index (χ0v) is 11.1. The van der Waals surface area contributed by atoms with Gasteiger partial charge >= 0.3 is 18.1 Å². The van der Waals surface area contributed by atoms with Crippen molar-refractivity contribution in [3.8, 4) is 0 Å². The van der Waals surface area contributed by atoms with Crippen LogP contribution in [0.3, 0.4) is 0 Å². The number of esters is 2. The summed E-state index contributed by atoms with van der Waals surface area (Å²) < 4.78 is 17.6. The minimum Gasteiger partial charge on any atom is -0.465 e. The molecule has 1 aliphatic rings. The van der Waals surface area contributed by atoms with Crippen LogP contribution in [0.15, 0.2) is 24.3 Å². The molecule has 1 saturated heterocycles. The molecular formula is C14H18O7. The molecule has 1 aromatic rings. The number of carbonyl (C=O) groups is 3. The third-order valence-electron chi connectivity index (χ3n) is 2.26. The zero-order chi connectivity index (χ0) is 15.0. The Kier molecular flexibility index (Phi) is 8.21. The lowest BCUT2D eigenvalue weighted by molar-refractivity contribution is 0.0555. The molecule has 7 heteroatoms. The Balaban J connectivity index is 0.000000480. The monoisotopic (exact) mass is 298 g/mol. The molecule has 0 radical (unpaired) electrons. The van der Waals surface area contributed by atoms with Gasteiger partial charge in [0.25, 0.3) is 0 Å². The summed E-state index contributed by atoms with van der Waals surface area (Å²) in [5.74, 6) is -1.10. The van der Waals surface area contributed by atoms with E-state index in [1.54, 1.807) is 12.1 Å². The molecular weight excluding hydrogens is 280 g/mol. The predicted molar refractivity (Wildman–Crippen MR) is 73.2 cm³/mol. The first-order chi connectivity index (χ1) is 9.60. The van der Waals surface area contributed by atoms with Crippen LogP contribution < -0.4 is 0 Å². The van der Waals surface area contributed by atoms with E-state index >= 15 is 0 Å². The van der Waals surface area contributed by atoms with Crippen LogP contribution in [0.25, 0.3) is 0 Å². The summed E-state index contributed by atoms with van der Waals surface area (Å²) in [7, 11) is 2.52. The van der Waals surface area contributed by atoms with E-state index in [1.807, 2.05) is 0 Å². The summed E-state index contributed by atoms with van der Waals surface area (Å²) in [4.78, 5) is 32.2. The number of ether oxygens (including phenoxy) is 4. The largest absolute Gasteiger partial charge is 0.508 e. The van der Waals surface area contributed by atoms with Gasteiger partial charge in [0.1, 0.15) is 13.2 Å². The maximum Gasteiger partial charge on any atom is 0.508 e. The minimum atomic E-state index is -0.550. The quantitative estimate of drug-likeness (QED) is 0.609. The van der Waals surface area contributed by atoms with E-state index in [9.17, 15) is 14.4 Å². The first-order valence-corrected chi connectivity index (χ1v) is 5.65. The van der Waals surface area contributed by atoms with Crippen molar-refractivity contribution in [2.24, 2.45) is 0 Å². The second kappa shape index (κ2) is 9.35. The van der Waals surface area contributed by atoms with Crippen molar-refractivity contribution in [3.63, 3.8) is 0 Å². The first kappa shape index (κ1) is 18.4. The Morgan fingerprint density at radius 3 is 1.57 bits per heavy atom. The second-order valence-electron chi connectivity index (χ2n) is 3.48. The Morgan fingerprint density at radius 1 is 0.952 bits per heavy atom. The summed E-state index contributed by atoms with van der Waals surface area (Å²) in [5, 5.41) is 0. The van der Waals surface area contributed by atoms with Gasteiger partial charge in [0.05, 0.1) is 25.3 Å². The van der Waals surface area contributed by atoms with Gasteiger partial charge in [-0.05, 0) is 12.1 Å². The molecule has 0 N–H and O–H groups in total. The highest BCUT2D eigenvalue weighted by atomic mass is 16.8. The smallest absolute Gasteiger partial charge is 0.465 e. The Hall–Kier alpha value is -2.57. The average molecular weight is 298 g/mol. The third-order valence-corrected chi connectivity index (χ3v) is 2.26. The molecule has 0 atom stereocenters. The topological polar surface area (TPSA) is 88.1 Å². The maximum atomic E-state index is 11.2. The Morgan fingerprint density at radius 2 is 1.33 bits per heavy atom. The Labute approximate surface area is 122 Å². The van der Waals surface area contributed by atoms with Gasteiger partial charge in [-0.15, -0.1) is 0 Å². The van der Waals surface area contributed by atoms with Crippen molar-refractivity contribution >= 4 is 18.1 Å². The van der Waals surface area contributed by atoms with Gasteiger partial charge in [-0.25, -0.2) is 14.4 Å².